The van der Waals surface area contributed by atoms with E-state index in [1.165, 1.54) is 6.07 Å². The number of aryl methyl sites for hydroxylation is 1. The number of hydrogen-bond donors (Lipinski definition) is 1. The Hall–Kier alpha value is -1.89. The predicted octanol–water partition coefficient (Wildman–Crippen LogP) is 1.48. The Morgan fingerprint density at radius 1 is 1.60 bits per heavy atom. The smallest absolute Gasteiger partial charge is 0.250 e. The van der Waals surface area contributed by atoms with Crippen LogP contribution in [0, 0.1) is 18.3 Å². The maximum atomic E-state index is 11.0. The van der Waals surface area contributed by atoms with Crippen molar-refractivity contribution in [2.24, 2.45) is 5.73 Å². The standard InChI is InChI=1S/C11H13N3O/c1-6(2)10-8(5-12)4-9(11(13)15)7(3)14-10/h4,6H,1-3H3,(H2,13,15). The highest BCUT2D eigenvalue weighted by Gasteiger charge is 2.14. The van der Waals surface area contributed by atoms with Crippen LogP contribution in [0.5, 0.6) is 0 Å². The lowest BCUT2D eigenvalue weighted by molar-refractivity contribution is 0.0999. The first-order valence-electron chi connectivity index (χ1n) is 4.68. The van der Waals surface area contributed by atoms with Gasteiger partial charge >= 0.3 is 0 Å². The molecule has 0 aliphatic carbocycles. The first kappa shape index (κ1) is 11.2. The highest BCUT2D eigenvalue weighted by Crippen LogP contribution is 2.19. The molecule has 0 atom stereocenters. The monoisotopic (exact) mass is 203 g/mol. The van der Waals surface area contributed by atoms with Crippen LogP contribution in [0.15, 0.2) is 6.07 Å². The lowest BCUT2D eigenvalue weighted by Crippen LogP contribution is -2.15. The van der Waals surface area contributed by atoms with Crippen molar-refractivity contribution in [3.8, 4) is 6.07 Å². The second-order valence-corrected chi connectivity index (χ2v) is 3.68. The van der Waals surface area contributed by atoms with Crippen molar-refractivity contribution in [1.82, 2.24) is 4.98 Å². The Balaban J connectivity index is 3.44. The fraction of sp³-hybridized carbons (Fsp3) is 0.364. The molecular weight excluding hydrogens is 190 g/mol. The van der Waals surface area contributed by atoms with E-state index in [2.05, 4.69) is 4.98 Å². The van der Waals surface area contributed by atoms with Crippen molar-refractivity contribution in [2.75, 3.05) is 0 Å². The van der Waals surface area contributed by atoms with Gasteiger partial charge in [-0.15, -0.1) is 0 Å². The van der Waals surface area contributed by atoms with E-state index < -0.39 is 5.91 Å². The molecule has 0 saturated heterocycles. The van der Waals surface area contributed by atoms with Crippen LogP contribution < -0.4 is 5.73 Å². The molecule has 4 heteroatoms. The molecular formula is C11H13N3O. The average molecular weight is 203 g/mol. The van der Waals surface area contributed by atoms with Crippen LogP contribution in [-0.2, 0) is 0 Å². The summed E-state index contributed by atoms with van der Waals surface area (Å²) < 4.78 is 0. The SMILES string of the molecule is Cc1nc(C(C)C)c(C#N)cc1C(N)=O. The number of carbonyl (C=O) groups excluding carboxylic acids is 1. The molecule has 0 spiro atoms. The van der Waals surface area contributed by atoms with Gasteiger partial charge in [-0.05, 0) is 18.9 Å². The molecule has 0 bridgehead atoms. The molecule has 1 heterocycles. The van der Waals surface area contributed by atoms with Crippen molar-refractivity contribution in [3.05, 3.63) is 28.6 Å². The summed E-state index contributed by atoms with van der Waals surface area (Å²) in [4.78, 5) is 15.3. The summed E-state index contributed by atoms with van der Waals surface area (Å²) in [6, 6.07) is 3.54. The van der Waals surface area contributed by atoms with Crippen molar-refractivity contribution in [2.45, 2.75) is 26.7 Å². The van der Waals surface area contributed by atoms with E-state index in [9.17, 15) is 4.79 Å². The van der Waals surface area contributed by atoms with Gasteiger partial charge in [0.1, 0.15) is 6.07 Å². The molecule has 0 aromatic carbocycles. The van der Waals surface area contributed by atoms with Crippen molar-refractivity contribution in [1.29, 1.82) is 5.26 Å². The van der Waals surface area contributed by atoms with Gasteiger partial charge in [-0.3, -0.25) is 9.78 Å². The summed E-state index contributed by atoms with van der Waals surface area (Å²) in [6.45, 7) is 5.62. The molecule has 0 unspecified atom stereocenters. The quantitative estimate of drug-likeness (QED) is 0.790. The van der Waals surface area contributed by atoms with Gasteiger partial charge < -0.3 is 5.73 Å². The number of carbonyl (C=O) groups is 1. The van der Waals surface area contributed by atoms with Crippen LogP contribution >= 0.6 is 0 Å². The summed E-state index contributed by atoms with van der Waals surface area (Å²) in [5, 5.41) is 8.92. The lowest BCUT2D eigenvalue weighted by atomic mass is 10.0. The van der Waals surface area contributed by atoms with Crippen LogP contribution in [0.4, 0.5) is 0 Å². The number of rotatable bonds is 2. The Labute approximate surface area is 88.7 Å². The third-order valence-electron chi connectivity index (χ3n) is 2.18. The van der Waals surface area contributed by atoms with Gasteiger partial charge in [-0.25, -0.2) is 0 Å². The summed E-state index contributed by atoms with van der Waals surface area (Å²) >= 11 is 0. The molecule has 0 radical (unpaired) electrons. The van der Waals surface area contributed by atoms with Crippen LogP contribution in [0.2, 0.25) is 0 Å². The van der Waals surface area contributed by atoms with Gasteiger partial charge in [0.15, 0.2) is 0 Å². The minimum absolute atomic E-state index is 0.153. The van der Waals surface area contributed by atoms with Crippen LogP contribution in [-0.4, -0.2) is 10.9 Å². The van der Waals surface area contributed by atoms with Crippen molar-refractivity contribution >= 4 is 5.91 Å². The minimum Gasteiger partial charge on any atom is -0.366 e. The normalized spacial score (nSPS) is 10.1. The predicted molar refractivity (Wildman–Crippen MR) is 56.3 cm³/mol. The highest BCUT2D eigenvalue weighted by molar-refractivity contribution is 5.94. The van der Waals surface area contributed by atoms with E-state index in [1.807, 2.05) is 19.9 Å². The number of aromatic nitrogens is 1. The van der Waals surface area contributed by atoms with Gasteiger partial charge in [0.25, 0.3) is 5.91 Å². The van der Waals surface area contributed by atoms with Gasteiger partial charge in [-0.2, -0.15) is 5.26 Å². The molecule has 0 aliphatic heterocycles. The molecule has 0 aliphatic rings. The Bertz CT molecular complexity index is 444. The summed E-state index contributed by atoms with van der Waals surface area (Å²) in [6.07, 6.45) is 0. The number of primary amides is 1. The molecule has 15 heavy (non-hydrogen) atoms. The second-order valence-electron chi connectivity index (χ2n) is 3.68. The van der Waals surface area contributed by atoms with E-state index in [4.69, 9.17) is 11.0 Å². The lowest BCUT2D eigenvalue weighted by Gasteiger charge is -2.10. The molecule has 0 fully saturated rings. The topological polar surface area (TPSA) is 79.8 Å². The molecule has 1 aromatic heterocycles. The van der Waals surface area contributed by atoms with E-state index in [-0.39, 0.29) is 5.92 Å². The molecule has 0 saturated carbocycles. The number of nitriles is 1. The van der Waals surface area contributed by atoms with Gasteiger partial charge in [0, 0.05) is 0 Å². The van der Waals surface area contributed by atoms with Crippen molar-refractivity contribution < 1.29 is 4.79 Å². The van der Waals surface area contributed by atoms with Gasteiger partial charge in [0.2, 0.25) is 0 Å². The maximum Gasteiger partial charge on any atom is 0.250 e. The molecule has 4 nitrogen and oxygen atoms in total. The largest absolute Gasteiger partial charge is 0.366 e. The van der Waals surface area contributed by atoms with Crippen molar-refractivity contribution in [3.63, 3.8) is 0 Å². The van der Waals surface area contributed by atoms with Crippen LogP contribution in [0.3, 0.4) is 0 Å². The zero-order valence-electron chi connectivity index (χ0n) is 9.03. The Morgan fingerprint density at radius 2 is 2.20 bits per heavy atom. The van der Waals surface area contributed by atoms with E-state index in [0.29, 0.717) is 22.5 Å². The minimum atomic E-state index is -0.549. The molecule has 78 valence electrons. The van der Waals surface area contributed by atoms with Crippen LogP contribution in [0.25, 0.3) is 0 Å². The van der Waals surface area contributed by atoms with Gasteiger partial charge in [0.05, 0.1) is 22.5 Å². The summed E-state index contributed by atoms with van der Waals surface area (Å²) in [5.41, 5.74) is 7.20. The third-order valence-corrected chi connectivity index (χ3v) is 2.18. The molecule has 2 N–H and O–H groups in total. The highest BCUT2D eigenvalue weighted by atomic mass is 16.1. The fourth-order valence-electron chi connectivity index (χ4n) is 1.40. The number of nitrogens with zero attached hydrogens (tertiary/aromatic N) is 2. The van der Waals surface area contributed by atoms with E-state index in [0.717, 1.165) is 0 Å². The summed E-state index contributed by atoms with van der Waals surface area (Å²) in [7, 11) is 0. The zero-order valence-corrected chi connectivity index (χ0v) is 9.03. The zero-order chi connectivity index (χ0) is 11.6. The first-order valence-corrected chi connectivity index (χ1v) is 4.68. The van der Waals surface area contributed by atoms with Gasteiger partial charge in [-0.1, -0.05) is 13.8 Å². The maximum absolute atomic E-state index is 11.0. The Kier molecular flexibility index (Phi) is 3.05. The average Bonchev–Trinajstić information content (AvgIpc) is 2.16. The second kappa shape index (κ2) is 4.09. The number of pyridine rings is 1. The van der Waals surface area contributed by atoms with E-state index >= 15 is 0 Å². The number of nitrogens with two attached hydrogens (primary N) is 1. The molecule has 1 amide bonds. The number of amides is 1. The number of hydrogen-bond acceptors (Lipinski definition) is 3. The molecule has 1 rings (SSSR count). The van der Waals surface area contributed by atoms with Crippen LogP contribution in [0.1, 0.15) is 47.1 Å². The summed E-state index contributed by atoms with van der Waals surface area (Å²) in [5.74, 6) is -0.396. The molecule has 1 aromatic rings. The van der Waals surface area contributed by atoms with E-state index in [1.54, 1.807) is 6.92 Å². The third kappa shape index (κ3) is 2.13. The Morgan fingerprint density at radius 3 is 2.60 bits per heavy atom. The fourth-order valence-corrected chi connectivity index (χ4v) is 1.40. The first-order chi connectivity index (χ1) is 6.97.